The molecule has 0 saturated heterocycles. The van der Waals surface area contributed by atoms with E-state index in [1.165, 1.54) is 26.2 Å². The topological polar surface area (TPSA) is 62.0 Å². The second-order valence-electron chi connectivity index (χ2n) is 6.02. The number of Topliss-reactive ketones (excluding diaryl/α,β-unsaturated/α-hetero) is 1. The van der Waals surface area contributed by atoms with Gasteiger partial charge in [0.2, 0.25) is 0 Å². The number of H-pyrrole nitrogens is 1. The first-order chi connectivity index (χ1) is 9.41. The molecule has 0 aromatic carbocycles. The van der Waals surface area contributed by atoms with E-state index in [1.807, 2.05) is 13.8 Å². The van der Waals surface area contributed by atoms with Gasteiger partial charge in [0.1, 0.15) is 5.69 Å². The molecule has 1 aromatic rings. The summed E-state index contributed by atoms with van der Waals surface area (Å²) < 4.78 is 0. The highest BCUT2D eigenvalue weighted by molar-refractivity contribution is 6.02. The van der Waals surface area contributed by atoms with Crippen molar-refractivity contribution in [3.05, 3.63) is 22.5 Å². The maximum atomic E-state index is 12.4. The number of carbonyl (C=O) groups is 2. The lowest BCUT2D eigenvalue weighted by Gasteiger charge is -2.29. The molecular formula is C16H24N2O2. The van der Waals surface area contributed by atoms with E-state index >= 15 is 0 Å². The average molecular weight is 276 g/mol. The van der Waals surface area contributed by atoms with E-state index in [0.29, 0.717) is 17.2 Å². The third-order valence-electron chi connectivity index (χ3n) is 4.44. The summed E-state index contributed by atoms with van der Waals surface area (Å²) >= 11 is 0. The van der Waals surface area contributed by atoms with Crippen molar-refractivity contribution >= 4 is 11.7 Å². The minimum absolute atomic E-state index is 0.00124. The number of hydrogen-bond acceptors (Lipinski definition) is 2. The van der Waals surface area contributed by atoms with Crippen LogP contribution < -0.4 is 5.32 Å². The maximum Gasteiger partial charge on any atom is 0.268 e. The van der Waals surface area contributed by atoms with Gasteiger partial charge in [0, 0.05) is 17.3 Å². The van der Waals surface area contributed by atoms with Crippen LogP contribution in [0.4, 0.5) is 0 Å². The van der Waals surface area contributed by atoms with E-state index in [2.05, 4.69) is 17.2 Å². The second kappa shape index (κ2) is 5.81. The van der Waals surface area contributed by atoms with Gasteiger partial charge in [-0.2, -0.15) is 0 Å². The Morgan fingerprint density at radius 3 is 2.40 bits per heavy atom. The number of carbonyl (C=O) groups excluding carboxylic acids is 2. The van der Waals surface area contributed by atoms with E-state index in [0.717, 1.165) is 17.7 Å². The molecule has 1 saturated carbocycles. The fourth-order valence-corrected chi connectivity index (χ4v) is 3.28. The zero-order chi connectivity index (χ0) is 14.9. The SMILES string of the molecule is CC(=O)c1c(C)[nH]c(C(=O)N[C@H]2CCCC[C@@H]2C)c1C. The normalized spacial score (nSPS) is 22.6. The molecular weight excluding hydrogens is 252 g/mol. The molecule has 0 bridgehead atoms. The Morgan fingerprint density at radius 2 is 1.85 bits per heavy atom. The molecule has 1 heterocycles. The van der Waals surface area contributed by atoms with E-state index in [9.17, 15) is 9.59 Å². The van der Waals surface area contributed by atoms with Crippen LogP contribution >= 0.6 is 0 Å². The number of rotatable bonds is 3. The predicted octanol–water partition coefficient (Wildman–Crippen LogP) is 3.14. The molecule has 1 aliphatic rings. The van der Waals surface area contributed by atoms with E-state index in [-0.39, 0.29) is 17.7 Å². The summed E-state index contributed by atoms with van der Waals surface area (Å²) in [6.45, 7) is 7.40. The van der Waals surface area contributed by atoms with Crippen LogP contribution in [-0.4, -0.2) is 22.7 Å². The summed E-state index contributed by atoms with van der Waals surface area (Å²) in [7, 11) is 0. The first kappa shape index (κ1) is 14.8. The molecule has 1 aliphatic carbocycles. The molecule has 110 valence electrons. The van der Waals surface area contributed by atoms with Gasteiger partial charge in [0.25, 0.3) is 5.91 Å². The molecule has 2 atom stereocenters. The van der Waals surface area contributed by atoms with Crippen molar-refractivity contribution in [3.8, 4) is 0 Å². The summed E-state index contributed by atoms with van der Waals surface area (Å²) in [5.41, 5.74) is 2.71. The van der Waals surface area contributed by atoms with Gasteiger partial charge in [-0.1, -0.05) is 19.8 Å². The smallest absolute Gasteiger partial charge is 0.268 e. The summed E-state index contributed by atoms with van der Waals surface area (Å²) in [6, 6.07) is 0.250. The number of amides is 1. The van der Waals surface area contributed by atoms with E-state index in [4.69, 9.17) is 0 Å². The molecule has 2 N–H and O–H groups in total. The molecule has 1 aromatic heterocycles. The van der Waals surface area contributed by atoms with E-state index in [1.54, 1.807) is 0 Å². The lowest BCUT2D eigenvalue weighted by atomic mass is 9.86. The number of hydrogen-bond donors (Lipinski definition) is 2. The van der Waals surface area contributed by atoms with Gasteiger partial charge >= 0.3 is 0 Å². The van der Waals surface area contributed by atoms with Crippen LogP contribution in [0.5, 0.6) is 0 Å². The van der Waals surface area contributed by atoms with Crippen molar-refractivity contribution in [2.45, 2.75) is 59.4 Å². The number of ketones is 1. The predicted molar refractivity (Wildman–Crippen MR) is 79.2 cm³/mol. The van der Waals surface area contributed by atoms with Crippen molar-refractivity contribution in [2.24, 2.45) is 5.92 Å². The highest BCUT2D eigenvalue weighted by Crippen LogP contribution is 2.25. The number of aromatic amines is 1. The highest BCUT2D eigenvalue weighted by atomic mass is 16.2. The fourth-order valence-electron chi connectivity index (χ4n) is 3.28. The quantitative estimate of drug-likeness (QED) is 0.833. The summed E-state index contributed by atoms with van der Waals surface area (Å²) in [4.78, 5) is 27.1. The van der Waals surface area contributed by atoms with Crippen LogP contribution in [0.2, 0.25) is 0 Å². The molecule has 1 fully saturated rings. The number of aromatic nitrogens is 1. The Kier molecular flexibility index (Phi) is 4.31. The molecule has 0 radical (unpaired) electrons. The van der Waals surface area contributed by atoms with Gasteiger partial charge < -0.3 is 10.3 Å². The fraction of sp³-hybridized carbons (Fsp3) is 0.625. The average Bonchev–Trinajstić information content (AvgIpc) is 2.67. The van der Waals surface area contributed by atoms with Gasteiger partial charge in [-0.25, -0.2) is 0 Å². The van der Waals surface area contributed by atoms with Crippen LogP contribution in [0.3, 0.4) is 0 Å². The first-order valence-corrected chi connectivity index (χ1v) is 7.42. The molecule has 4 heteroatoms. The van der Waals surface area contributed by atoms with Crippen molar-refractivity contribution < 1.29 is 9.59 Å². The molecule has 4 nitrogen and oxygen atoms in total. The summed E-state index contributed by atoms with van der Waals surface area (Å²) in [5, 5.41) is 3.12. The van der Waals surface area contributed by atoms with Crippen molar-refractivity contribution in [1.29, 1.82) is 0 Å². The molecule has 0 unspecified atom stereocenters. The molecule has 20 heavy (non-hydrogen) atoms. The van der Waals surface area contributed by atoms with E-state index < -0.39 is 0 Å². The zero-order valence-corrected chi connectivity index (χ0v) is 12.8. The maximum absolute atomic E-state index is 12.4. The molecule has 2 rings (SSSR count). The Hall–Kier alpha value is -1.58. The lowest BCUT2D eigenvalue weighted by molar-refractivity contribution is 0.0905. The van der Waals surface area contributed by atoms with Crippen LogP contribution in [-0.2, 0) is 0 Å². The second-order valence-corrected chi connectivity index (χ2v) is 6.02. The lowest BCUT2D eigenvalue weighted by Crippen LogP contribution is -2.41. The molecule has 0 spiro atoms. The van der Waals surface area contributed by atoms with Gasteiger partial charge in [0.15, 0.2) is 5.78 Å². The Morgan fingerprint density at radius 1 is 1.20 bits per heavy atom. The van der Waals surface area contributed by atoms with Crippen LogP contribution in [0.25, 0.3) is 0 Å². The van der Waals surface area contributed by atoms with Gasteiger partial charge in [0.05, 0.1) is 0 Å². The third-order valence-corrected chi connectivity index (χ3v) is 4.44. The standard InChI is InChI=1S/C16H24N2O2/c1-9-7-5-6-8-13(9)18-16(20)15-10(2)14(12(4)19)11(3)17-15/h9,13,17H,5-8H2,1-4H3,(H,18,20)/t9-,13-/m0/s1. The van der Waals surface area contributed by atoms with Crippen molar-refractivity contribution in [2.75, 3.05) is 0 Å². The summed E-state index contributed by atoms with van der Waals surface area (Å²) in [6.07, 6.45) is 4.65. The molecule has 1 amide bonds. The monoisotopic (exact) mass is 276 g/mol. The van der Waals surface area contributed by atoms with Crippen LogP contribution in [0.15, 0.2) is 0 Å². The Balaban J connectivity index is 2.17. The number of nitrogens with one attached hydrogen (secondary N) is 2. The van der Waals surface area contributed by atoms with Gasteiger partial charge in [-0.15, -0.1) is 0 Å². The highest BCUT2D eigenvalue weighted by Gasteiger charge is 2.26. The Bertz CT molecular complexity index is 531. The first-order valence-electron chi connectivity index (χ1n) is 7.42. The van der Waals surface area contributed by atoms with Gasteiger partial charge in [-0.3, -0.25) is 9.59 Å². The van der Waals surface area contributed by atoms with Crippen molar-refractivity contribution in [3.63, 3.8) is 0 Å². The largest absolute Gasteiger partial charge is 0.354 e. The Labute approximate surface area is 120 Å². The molecule has 0 aliphatic heterocycles. The van der Waals surface area contributed by atoms with Crippen LogP contribution in [0.1, 0.15) is 71.6 Å². The van der Waals surface area contributed by atoms with Crippen LogP contribution in [0, 0.1) is 19.8 Å². The summed E-state index contributed by atoms with van der Waals surface area (Å²) in [5.74, 6) is 0.439. The zero-order valence-electron chi connectivity index (χ0n) is 12.8. The van der Waals surface area contributed by atoms with Gasteiger partial charge in [-0.05, 0) is 45.1 Å². The minimum atomic E-state index is -0.0863. The third kappa shape index (κ3) is 2.79. The van der Waals surface area contributed by atoms with Crippen molar-refractivity contribution in [1.82, 2.24) is 10.3 Å². The number of aryl methyl sites for hydroxylation is 1. The minimum Gasteiger partial charge on any atom is -0.354 e.